The second-order valence-corrected chi connectivity index (χ2v) is 5.25. The van der Waals surface area contributed by atoms with Crippen LogP contribution in [0.5, 0.6) is 0 Å². The van der Waals surface area contributed by atoms with Crippen LogP contribution in [0.2, 0.25) is 0 Å². The second kappa shape index (κ2) is 4.91. The van der Waals surface area contributed by atoms with E-state index in [1.807, 2.05) is 7.05 Å². The van der Waals surface area contributed by atoms with Gasteiger partial charge in [-0.15, -0.1) is 11.3 Å². The molecule has 96 valence electrons. The number of hydrogen-bond donors (Lipinski definition) is 1. The highest BCUT2D eigenvalue weighted by molar-refractivity contribution is 7.11. The predicted molar refractivity (Wildman–Crippen MR) is 59.9 cm³/mol. The van der Waals surface area contributed by atoms with Crippen molar-refractivity contribution in [3.05, 3.63) is 16.1 Å². The Balaban J connectivity index is 1.94. The van der Waals surface area contributed by atoms with Crippen molar-refractivity contribution in [3.63, 3.8) is 0 Å². The number of likely N-dealkylation sites (tertiary alicyclic amines) is 1. The summed E-state index contributed by atoms with van der Waals surface area (Å²) in [6, 6.07) is 0.449. The van der Waals surface area contributed by atoms with Crippen LogP contribution in [-0.2, 0) is 12.7 Å². The molecule has 2 rings (SSSR count). The van der Waals surface area contributed by atoms with E-state index in [4.69, 9.17) is 0 Å². The van der Waals surface area contributed by atoms with Crippen LogP contribution in [0, 0.1) is 0 Å². The molecule has 0 aromatic carbocycles. The molecule has 1 saturated heterocycles. The first-order chi connectivity index (χ1) is 7.99. The molecule has 0 spiro atoms. The molecular weight excluding hydrogens is 251 g/mol. The van der Waals surface area contributed by atoms with E-state index in [0.717, 1.165) is 30.8 Å². The van der Waals surface area contributed by atoms with Crippen molar-refractivity contribution in [1.29, 1.82) is 0 Å². The minimum atomic E-state index is -4.32. The lowest BCUT2D eigenvalue weighted by atomic mass is 10.3. The Kier molecular flexibility index (Phi) is 3.70. The van der Waals surface area contributed by atoms with Crippen molar-refractivity contribution in [2.75, 3.05) is 20.1 Å². The zero-order valence-corrected chi connectivity index (χ0v) is 10.2. The summed E-state index contributed by atoms with van der Waals surface area (Å²) < 4.78 is 37.1. The van der Waals surface area contributed by atoms with Crippen LogP contribution in [0.1, 0.15) is 16.3 Å². The first-order valence-corrected chi connectivity index (χ1v) is 6.22. The van der Waals surface area contributed by atoms with E-state index in [2.05, 4.69) is 15.2 Å². The van der Waals surface area contributed by atoms with Crippen molar-refractivity contribution in [1.82, 2.24) is 15.2 Å². The molecule has 17 heavy (non-hydrogen) atoms. The molecular formula is C10H14F3N3S. The molecule has 0 bridgehead atoms. The van der Waals surface area contributed by atoms with Crippen molar-refractivity contribution >= 4 is 11.3 Å². The zero-order chi connectivity index (χ0) is 12.5. The van der Waals surface area contributed by atoms with Gasteiger partial charge in [0.25, 0.3) is 0 Å². The van der Waals surface area contributed by atoms with Crippen molar-refractivity contribution in [2.24, 2.45) is 0 Å². The van der Waals surface area contributed by atoms with Gasteiger partial charge in [-0.1, -0.05) is 0 Å². The number of halogens is 3. The summed E-state index contributed by atoms with van der Waals surface area (Å²) in [5.41, 5.74) is 0. The fourth-order valence-electron chi connectivity index (χ4n) is 1.94. The molecule has 1 aliphatic heterocycles. The standard InChI is InChI=1S/C10H14F3N3S/c1-14-7-2-3-16(5-7)6-8-4-15-9(17-8)10(11,12)13/h4,7,14H,2-3,5-6H2,1H3. The summed E-state index contributed by atoms with van der Waals surface area (Å²) in [5.74, 6) is 0. The zero-order valence-electron chi connectivity index (χ0n) is 9.42. The smallest absolute Gasteiger partial charge is 0.316 e. The second-order valence-electron chi connectivity index (χ2n) is 4.14. The molecule has 0 amide bonds. The average molecular weight is 265 g/mol. The van der Waals surface area contributed by atoms with Gasteiger partial charge >= 0.3 is 6.18 Å². The maximum absolute atomic E-state index is 12.4. The van der Waals surface area contributed by atoms with Crippen LogP contribution in [0.3, 0.4) is 0 Å². The molecule has 2 heterocycles. The Morgan fingerprint density at radius 2 is 2.35 bits per heavy atom. The van der Waals surface area contributed by atoms with E-state index in [-0.39, 0.29) is 0 Å². The summed E-state index contributed by atoms with van der Waals surface area (Å²) in [6.07, 6.45) is -1.94. The summed E-state index contributed by atoms with van der Waals surface area (Å²) in [6.45, 7) is 2.37. The number of alkyl halides is 3. The molecule has 7 heteroatoms. The van der Waals surface area contributed by atoms with E-state index >= 15 is 0 Å². The molecule has 3 nitrogen and oxygen atoms in total. The van der Waals surface area contributed by atoms with E-state index < -0.39 is 11.2 Å². The van der Waals surface area contributed by atoms with Gasteiger partial charge in [0.2, 0.25) is 0 Å². The Hall–Kier alpha value is -0.660. The molecule has 1 aromatic rings. The largest absolute Gasteiger partial charge is 0.443 e. The maximum Gasteiger partial charge on any atom is 0.443 e. The summed E-state index contributed by atoms with van der Waals surface area (Å²) in [7, 11) is 1.91. The van der Waals surface area contributed by atoms with Crippen LogP contribution in [0.15, 0.2) is 6.20 Å². The number of rotatable bonds is 3. The van der Waals surface area contributed by atoms with E-state index in [1.165, 1.54) is 6.20 Å². The fraction of sp³-hybridized carbons (Fsp3) is 0.700. The predicted octanol–water partition coefficient (Wildman–Crippen LogP) is 1.96. The first kappa shape index (κ1) is 12.8. The first-order valence-electron chi connectivity index (χ1n) is 5.40. The summed E-state index contributed by atoms with van der Waals surface area (Å²) in [5, 5.41) is 2.42. The number of nitrogens with one attached hydrogen (secondary N) is 1. The molecule has 0 saturated carbocycles. The fourth-order valence-corrected chi connectivity index (χ4v) is 2.77. The van der Waals surface area contributed by atoms with Gasteiger partial charge in [0, 0.05) is 36.8 Å². The van der Waals surface area contributed by atoms with Gasteiger partial charge < -0.3 is 5.32 Å². The van der Waals surface area contributed by atoms with Crippen molar-refractivity contribution in [2.45, 2.75) is 25.2 Å². The van der Waals surface area contributed by atoms with Crippen LogP contribution in [0.25, 0.3) is 0 Å². The Morgan fingerprint density at radius 1 is 1.59 bits per heavy atom. The lowest BCUT2D eigenvalue weighted by Crippen LogP contribution is -2.29. The Bertz CT molecular complexity index is 377. The molecule has 0 radical (unpaired) electrons. The number of aromatic nitrogens is 1. The molecule has 1 aromatic heterocycles. The summed E-state index contributed by atoms with van der Waals surface area (Å²) in [4.78, 5) is 6.24. The molecule has 1 atom stereocenters. The molecule has 1 aliphatic rings. The molecule has 0 aliphatic carbocycles. The third-order valence-corrected chi connectivity index (χ3v) is 3.88. The van der Waals surface area contributed by atoms with Gasteiger partial charge in [-0.2, -0.15) is 13.2 Å². The Morgan fingerprint density at radius 3 is 2.88 bits per heavy atom. The van der Waals surface area contributed by atoms with E-state index in [1.54, 1.807) is 0 Å². The minimum absolute atomic E-state index is 0.449. The third-order valence-electron chi connectivity index (χ3n) is 2.86. The van der Waals surface area contributed by atoms with Crippen molar-refractivity contribution < 1.29 is 13.2 Å². The normalized spacial score (nSPS) is 22.2. The SMILES string of the molecule is CNC1CCN(Cc2cnc(C(F)(F)F)s2)C1. The topological polar surface area (TPSA) is 28.2 Å². The van der Waals surface area contributed by atoms with Crippen LogP contribution in [-0.4, -0.2) is 36.1 Å². The Labute approximate surface area is 102 Å². The monoisotopic (exact) mass is 265 g/mol. The molecule has 1 unspecified atom stereocenters. The number of hydrogen-bond acceptors (Lipinski definition) is 4. The number of likely N-dealkylation sites (N-methyl/N-ethyl adjacent to an activating group) is 1. The number of nitrogens with zero attached hydrogens (tertiary/aromatic N) is 2. The van der Waals surface area contributed by atoms with Crippen molar-refractivity contribution in [3.8, 4) is 0 Å². The van der Waals surface area contributed by atoms with Gasteiger partial charge in [0.15, 0.2) is 5.01 Å². The van der Waals surface area contributed by atoms with Crippen LogP contribution < -0.4 is 5.32 Å². The van der Waals surface area contributed by atoms with E-state index in [0.29, 0.717) is 17.5 Å². The lowest BCUT2D eigenvalue weighted by Gasteiger charge is -2.14. The van der Waals surface area contributed by atoms with Crippen LogP contribution in [0.4, 0.5) is 13.2 Å². The third kappa shape index (κ3) is 3.17. The van der Waals surface area contributed by atoms with E-state index in [9.17, 15) is 13.2 Å². The quantitative estimate of drug-likeness (QED) is 0.905. The maximum atomic E-state index is 12.4. The highest BCUT2D eigenvalue weighted by Crippen LogP contribution is 2.32. The van der Waals surface area contributed by atoms with Gasteiger partial charge in [-0.3, -0.25) is 4.90 Å². The molecule has 1 N–H and O–H groups in total. The highest BCUT2D eigenvalue weighted by atomic mass is 32.1. The minimum Gasteiger partial charge on any atom is -0.316 e. The summed E-state index contributed by atoms with van der Waals surface area (Å²) >= 11 is 0.737. The number of thiazole rings is 1. The van der Waals surface area contributed by atoms with Gasteiger partial charge in [0.05, 0.1) is 0 Å². The van der Waals surface area contributed by atoms with Gasteiger partial charge in [0.1, 0.15) is 0 Å². The molecule has 1 fully saturated rings. The lowest BCUT2D eigenvalue weighted by molar-refractivity contribution is -0.137. The van der Waals surface area contributed by atoms with Gasteiger partial charge in [-0.05, 0) is 13.5 Å². The van der Waals surface area contributed by atoms with Crippen LogP contribution >= 0.6 is 11.3 Å². The average Bonchev–Trinajstić information content (AvgIpc) is 2.86. The highest BCUT2D eigenvalue weighted by Gasteiger charge is 2.34. The van der Waals surface area contributed by atoms with Gasteiger partial charge in [-0.25, -0.2) is 4.98 Å².